The lowest BCUT2D eigenvalue weighted by molar-refractivity contribution is 0.0896. The van der Waals surface area contributed by atoms with E-state index >= 15 is 0 Å². The summed E-state index contributed by atoms with van der Waals surface area (Å²) in [6, 6.07) is 35.2. The van der Waals surface area contributed by atoms with Crippen LogP contribution in [-0.2, 0) is 60.1 Å². The van der Waals surface area contributed by atoms with E-state index in [1.807, 2.05) is 80.9 Å². The Balaban J connectivity index is 0.000000208. The van der Waals surface area contributed by atoms with E-state index in [2.05, 4.69) is 212 Å². The number of nitrogens with one attached hydrogen (secondary N) is 3. The predicted octanol–water partition coefficient (Wildman–Crippen LogP) is 12.3. The summed E-state index contributed by atoms with van der Waals surface area (Å²) in [7, 11) is -12.7. The van der Waals surface area contributed by atoms with E-state index in [9.17, 15) is 44.7 Å². The average molecular weight is 1800 g/mol. The van der Waals surface area contributed by atoms with Gasteiger partial charge in [0.2, 0.25) is 0 Å². The van der Waals surface area contributed by atoms with Gasteiger partial charge in [-0.1, -0.05) is 110 Å². The summed E-state index contributed by atoms with van der Waals surface area (Å²) < 4.78 is 87.9. The van der Waals surface area contributed by atoms with Crippen molar-refractivity contribution >= 4 is 102 Å². The van der Waals surface area contributed by atoms with Gasteiger partial charge in [0.05, 0.1) is 71.8 Å². The van der Waals surface area contributed by atoms with E-state index in [1.165, 1.54) is 15.9 Å². The summed E-state index contributed by atoms with van der Waals surface area (Å²) in [6.45, 7) is 39.5. The smallest absolute Gasteiger partial charge is 0.333 e. The molecule has 0 saturated heterocycles. The van der Waals surface area contributed by atoms with Crippen LogP contribution in [0, 0.1) is 91.9 Å². The lowest BCUT2D eigenvalue weighted by Crippen LogP contribution is -2.43. The molecule has 35 heteroatoms. The minimum atomic E-state index is -4.13. The highest BCUT2D eigenvalue weighted by atomic mass is 35.5. The molecule has 124 heavy (non-hydrogen) atoms. The van der Waals surface area contributed by atoms with Crippen molar-refractivity contribution in [2.45, 2.75) is 217 Å². The summed E-state index contributed by atoms with van der Waals surface area (Å²) in [5.74, 6) is -1.39. The molecule has 3 aliphatic rings. The van der Waals surface area contributed by atoms with Crippen molar-refractivity contribution in [1.29, 1.82) is 0 Å². The largest absolute Gasteiger partial charge is 0.391 e. The number of nitrogens with zero attached hydrogens (tertiary/aromatic N) is 9. The Labute approximate surface area is 738 Å². The molecule has 12 rings (SSSR count). The van der Waals surface area contributed by atoms with Crippen LogP contribution in [0.4, 0.5) is 17.1 Å². The summed E-state index contributed by atoms with van der Waals surface area (Å²) in [5.41, 5.74) is 34.0. The van der Waals surface area contributed by atoms with Crippen LogP contribution in [0.25, 0.3) is 10.4 Å². The third-order valence-corrected chi connectivity index (χ3v) is 27.7. The number of hydrogen-bond donors (Lipinski definition) is 9. The zero-order valence-corrected chi connectivity index (χ0v) is 78.5. The zero-order valence-electron chi connectivity index (χ0n) is 74.4. The van der Waals surface area contributed by atoms with E-state index in [-0.39, 0.29) is 108 Å². The molecule has 6 heterocycles. The first-order valence-electron chi connectivity index (χ1n) is 40.9. The Morgan fingerprint density at radius 3 is 1.06 bits per heavy atom. The first-order valence-corrected chi connectivity index (χ1v) is 46.7. The van der Waals surface area contributed by atoms with E-state index in [0.717, 1.165) is 33.8 Å². The fourth-order valence-corrected chi connectivity index (χ4v) is 20.1. The Bertz CT molecular complexity index is 5400. The number of nitrogens with two attached hydrogens (primary N) is 5. The van der Waals surface area contributed by atoms with Crippen LogP contribution in [0.15, 0.2) is 151 Å². The number of hydrogen-bond acceptors (Lipinski definition) is 22. The second-order valence-corrected chi connectivity index (χ2v) is 41.2. The predicted molar refractivity (Wildman–Crippen MR) is 493 cm³/mol. The summed E-state index contributed by atoms with van der Waals surface area (Å²) in [6.07, 6.45) is 11.0. The van der Waals surface area contributed by atoms with Crippen LogP contribution in [0.1, 0.15) is 194 Å². The lowest BCUT2D eigenvalue weighted by Gasteiger charge is -2.23. The standard InChI is InChI=1S/C24H35N7O4S.C24H37N5O4S.C23H35N5O5S.C18H15P.ClH/c1-13-16(4)31(24(5,6)7)11-18(13)23(32)21-15(3)27-9-8-19(21)28-20-10-17(12-35-36(26,33)34)14(2)22(20)29-30-25;1-13-16(4)29(24(5,6)7)11-18(13)23(30)21-15(3)27-9-8-19(21)28-20-10-17(14(2)22(20)25)12-33-34(26,31)32;1-12-14(3)28(23(4,5)6)10-16(12)22(30)19-13(2)26-8-7-17(19)27-18-9-15(21(29)20(18)24)11-33-34(25,31)32;1-4-10-16(11-5-1)19(17-12-6-2-7-13-17)18-14-8-3-9-15-18;/h8-9,11,14,17,20,22H,10,12H2,1-7H3,(H,27,28)(H2,26,33,34);8-9,11,14,17,20,22H,10,12,25H2,1-7H3,(H,27,28)(H2,26,31,32);7-8,10,15,18,20-21,29H,9,11,24H2,1-6H3,(H,26,27)(H2,25,31,32);1-15H;1H/t2*14-,17-,20-,22-;15-,18-,20+,21-;;/m111../s1. The number of ketones is 3. The Morgan fingerprint density at radius 1 is 0.476 bits per heavy atom. The highest BCUT2D eigenvalue weighted by Gasteiger charge is 2.45. The van der Waals surface area contributed by atoms with Crippen molar-refractivity contribution < 1.29 is 57.3 Å². The second kappa shape index (κ2) is 41.1. The van der Waals surface area contributed by atoms with E-state index in [1.54, 1.807) is 50.6 Å². The molecule has 30 nitrogen and oxygen atoms in total. The third kappa shape index (κ3) is 24.6. The monoisotopic (exact) mass is 1800 g/mol. The molecule has 0 radical (unpaired) electrons. The maximum absolute atomic E-state index is 13.8. The van der Waals surface area contributed by atoms with Gasteiger partial charge in [-0.2, -0.15) is 25.3 Å². The van der Waals surface area contributed by atoms with Crippen molar-refractivity contribution in [3.05, 3.63) is 241 Å². The molecule has 9 aromatic rings. The maximum Gasteiger partial charge on any atom is 0.333 e. The number of aliphatic hydroxyl groups excluding tert-OH is 1. The van der Waals surface area contributed by atoms with Crippen molar-refractivity contribution in [1.82, 2.24) is 28.7 Å². The Kier molecular flexibility index (Phi) is 33.2. The molecule has 3 saturated carbocycles. The summed E-state index contributed by atoms with van der Waals surface area (Å²) in [4.78, 5) is 57.4. The number of carbonyl (C=O) groups excluding carboxylic acids is 3. The topological polar surface area (TPSA) is 470 Å². The lowest BCUT2D eigenvalue weighted by atomic mass is 9.97. The number of aromatic nitrogens is 6. The number of pyridine rings is 3. The van der Waals surface area contributed by atoms with Gasteiger partial charge < -0.3 is 46.2 Å². The fourth-order valence-electron chi connectivity index (χ4n) is 16.7. The van der Waals surface area contributed by atoms with Crippen molar-refractivity contribution in [2.75, 3.05) is 35.8 Å². The van der Waals surface area contributed by atoms with Crippen LogP contribution in [-0.4, -0.2) is 139 Å². The van der Waals surface area contributed by atoms with Crippen LogP contribution in [0.2, 0.25) is 0 Å². The van der Waals surface area contributed by atoms with Gasteiger partial charge in [0.25, 0.3) is 0 Å². The Morgan fingerprint density at radius 2 is 0.758 bits per heavy atom. The molecule has 6 aromatic heterocycles. The highest BCUT2D eigenvalue weighted by molar-refractivity contribution is 7.84. The molecule has 672 valence electrons. The quantitative estimate of drug-likeness (QED) is 0.00843. The molecular weight excluding hydrogens is 1680 g/mol. The maximum atomic E-state index is 13.8. The zero-order chi connectivity index (χ0) is 91.1. The number of aryl methyl sites for hydroxylation is 3. The first-order chi connectivity index (χ1) is 57.3. The molecule has 14 N–H and O–H groups in total. The van der Waals surface area contributed by atoms with Crippen molar-refractivity contribution in [2.24, 2.45) is 61.6 Å². The first kappa shape index (κ1) is 100. The molecule has 0 bridgehead atoms. The van der Waals surface area contributed by atoms with Gasteiger partial charge in [0.15, 0.2) is 17.3 Å². The van der Waals surface area contributed by atoms with Crippen LogP contribution in [0.5, 0.6) is 0 Å². The number of halogens is 1. The van der Waals surface area contributed by atoms with Gasteiger partial charge in [0, 0.05) is 140 Å². The van der Waals surface area contributed by atoms with Crippen LogP contribution < -0.4 is 58.7 Å². The van der Waals surface area contributed by atoms with Gasteiger partial charge in [-0.15, -0.1) is 12.4 Å². The number of rotatable bonds is 25. The number of anilines is 3. The molecule has 3 aliphatic carbocycles. The molecule has 0 spiro atoms. The molecule has 0 aliphatic heterocycles. The minimum absolute atomic E-state index is 0. The highest BCUT2D eigenvalue weighted by Crippen LogP contribution is 2.41. The molecule has 3 fully saturated rings. The second-order valence-electron chi connectivity index (χ2n) is 35.3. The van der Waals surface area contributed by atoms with Gasteiger partial charge >= 0.3 is 30.9 Å². The van der Waals surface area contributed by atoms with Crippen LogP contribution in [0.3, 0.4) is 0 Å². The summed E-state index contributed by atoms with van der Waals surface area (Å²) >= 11 is 0. The van der Waals surface area contributed by atoms with Gasteiger partial charge in [0.1, 0.15) is 0 Å². The average Bonchev–Trinajstić information content (AvgIpc) is 1.63. The van der Waals surface area contributed by atoms with Crippen LogP contribution >= 0.6 is 20.3 Å². The molecule has 0 amide bonds. The number of aliphatic hydroxyl groups is 1. The van der Waals surface area contributed by atoms with E-state index < -0.39 is 69.0 Å². The van der Waals surface area contributed by atoms with Crippen molar-refractivity contribution in [3.8, 4) is 0 Å². The van der Waals surface area contributed by atoms with Gasteiger partial charge in [-0.3, -0.25) is 41.9 Å². The fraction of sp³-hybridized carbons (Fsp3) is 0.461. The third-order valence-electron chi connectivity index (χ3n) is 23.8. The number of benzene rings is 3. The summed E-state index contributed by atoms with van der Waals surface area (Å²) in [5, 5.41) is 43.7. The van der Waals surface area contributed by atoms with Gasteiger partial charge in [-0.25, -0.2) is 15.4 Å². The van der Waals surface area contributed by atoms with E-state index in [4.69, 9.17) is 40.8 Å². The molecule has 3 aromatic carbocycles. The SMILES string of the molecule is Cc1nccc(N[C@@H]2C[C@H](COS(N)(=O)=O)[C@@H](C)[C@H]2N)c1C(=O)c1cn(C(C)(C)C)c(C)c1C.Cc1nccc(N[C@@H]2C[C@H](COS(N)(=O)=O)[C@@H](C)[C@H]2N=[N+]=[N-])c1C(=O)c1cn(C(C)(C)C)c(C)c1C.Cc1nccc(N[C@@H]2C[C@H](COS(N)(=O)=O)[C@@H](O)[C@H]2N)c1C(=O)c1cn(C(C)(C)C)c(C)c1C.Cl.c1ccc(P(c2ccccc2)c2ccccc2)cc1. The minimum Gasteiger partial charge on any atom is -0.391 e. The molecule has 12 atom stereocenters. The number of azide groups is 1. The Hall–Kier alpha value is -9.12. The van der Waals surface area contributed by atoms with Gasteiger partial charge in [-0.05, 0) is 232 Å². The molecular formula is C89H123ClN17O13PS3. The molecule has 0 unspecified atom stereocenters. The number of carbonyl (C=O) groups is 3. The normalized spacial score (nSPS) is 20.9. The van der Waals surface area contributed by atoms with Crippen molar-refractivity contribution in [3.63, 3.8) is 0 Å². The van der Waals surface area contributed by atoms with E-state index in [0.29, 0.717) is 86.8 Å².